The largest absolute Gasteiger partial charge is 0.477 e. The number of likely N-dealkylation sites (N-methyl/N-ethyl adjacent to an activating group) is 1. The Hall–Kier alpha value is -1.05. The number of nitrogens with zero attached hydrogens (tertiary/aromatic N) is 1. The molecule has 1 unspecified atom stereocenters. The van der Waals surface area contributed by atoms with E-state index in [1.54, 1.807) is 4.72 Å². The number of aliphatic carboxylic acids is 1. The van der Waals surface area contributed by atoms with Crippen LogP contribution in [0.2, 0.25) is 0 Å². The van der Waals surface area contributed by atoms with Crippen molar-refractivity contribution in [1.82, 2.24) is 4.72 Å². The van der Waals surface area contributed by atoms with Crippen molar-refractivity contribution in [3.05, 3.63) is 0 Å². The first kappa shape index (κ1) is 22.9. The second-order valence-electron chi connectivity index (χ2n) is 5.94. The molecule has 7 nitrogen and oxygen atoms in total. The van der Waals surface area contributed by atoms with E-state index in [9.17, 15) is 40.3 Å². The standard InChI is InChI=1S/C11H19F5N2O5S/c1-18(2,7-9(20)21)6-8(19)5-17-24(22,23)4-3-10(12,13)11(14,15)16/h8,17,19H,3-7H2,1-2H3/p+1. The molecule has 0 saturated carbocycles. The number of rotatable bonds is 10. The number of hydrogen-bond donors (Lipinski definition) is 3. The van der Waals surface area contributed by atoms with Crippen molar-refractivity contribution < 1.29 is 49.9 Å². The van der Waals surface area contributed by atoms with E-state index >= 15 is 0 Å². The van der Waals surface area contributed by atoms with Crippen LogP contribution in [0.4, 0.5) is 22.0 Å². The molecule has 0 fully saturated rings. The zero-order chi connectivity index (χ0) is 19.4. The fourth-order valence-electron chi connectivity index (χ4n) is 1.77. The number of aliphatic hydroxyl groups is 1. The van der Waals surface area contributed by atoms with Crippen LogP contribution in [0.1, 0.15) is 6.42 Å². The molecular weight excluding hydrogens is 367 g/mol. The summed E-state index contributed by atoms with van der Waals surface area (Å²) in [4.78, 5) is 10.6. The topological polar surface area (TPSA) is 104 Å². The van der Waals surface area contributed by atoms with Gasteiger partial charge in [-0.05, 0) is 0 Å². The molecule has 144 valence electrons. The third kappa shape index (κ3) is 8.70. The number of carboxylic acid groups (broad SMARTS) is 1. The molecule has 1 atom stereocenters. The first-order valence-electron chi connectivity index (χ1n) is 6.61. The molecule has 24 heavy (non-hydrogen) atoms. The van der Waals surface area contributed by atoms with Crippen LogP contribution in [0, 0.1) is 0 Å². The Bertz CT molecular complexity index is 535. The van der Waals surface area contributed by atoms with Gasteiger partial charge in [0.2, 0.25) is 10.0 Å². The van der Waals surface area contributed by atoms with Gasteiger partial charge in [0, 0.05) is 13.0 Å². The Morgan fingerprint density at radius 2 is 1.71 bits per heavy atom. The minimum Gasteiger partial charge on any atom is -0.477 e. The predicted molar refractivity (Wildman–Crippen MR) is 72.9 cm³/mol. The van der Waals surface area contributed by atoms with Gasteiger partial charge in [0.15, 0.2) is 6.54 Å². The number of quaternary nitrogens is 1. The molecule has 0 rings (SSSR count). The summed E-state index contributed by atoms with van der Waals surface area (Å²) in [5.41, 5.74) is 0. The Balaban J connectivity index is 4.51. The van der Waals surface area contributed by atoms with Gasteiger partial charge in [-0.15, -0.1) is 0 Å². The molecule has 0 aromatic heterocycles. The number of aliphatic hydroxyl groups excluding tert-OH is 1. The van der Waals surface area contributed by atoms with E-state index in [1.807, 2.05) is 0 Å². The number of hydrogen-bond acceptors (Lipinski definition) is 4. The number of nitrogens with one attached hydrogen (secondary N) is 1. The molecule has 0 aromatic rings. The lowest BCUT2D eigenvalue weighted by atomic mass is 10.2. The highest BCUT2D eigenvalue weighted by molar-refractivity contribution is 7.89. The molecule has 13 heteroatoms. The van der Waals surface area contributed by atoms with Crippen molar-refractivity contribution in [3.8, 4) is 0 Å². The first-order valence-corrected chi connectivity index (χ1v) is 8.26. The summed E-state index contributed by atoms with van der Waals surface area (Å²) in [6.45, 7) is -1.17. The van der Waals surface area contributed by atoms with Gasteiger partial charge in [-0.1, -0.05) is 0 Å². The first-order chi connectivity index (χ1) is 10.5. The number of alkyl halides is 5. The molecule has 0 saturated heterocycles. The van der Waals surface area contributed by atoms with Crippen LogP contribution in [0.15, 0.2) is 0 Å². The summed E-state index contributed by atoms with van der Waals surface area (Å²) >= 11 is 0. The van der Waals surface area contributed by atoms with Gasteiger partial charge in [0.25, 0.3) is 0 Å². The predicted octanol–water partition coefficient (Wildman–Crippen LogP) is 0.0154. The molecule has 0 aliphatic carbocycles. The van der Waals surface area contributed by atoms with Crippen molar-refractivity contribution in [2.45, 2.75) is 24.6 Å². The molecule has 3 N–H and O–H groups in total. The Morgan fingerprint density at radius 3 is 2.12 bits per heavy atom. The van der Waals surface area contributed by atoms with E-state index in [0.29, 0.717) is 0 Å². The van der Waals surface area contributed by atoms with Crippen LogP contribution in [0.3, 0.4) is 0 Å². The summed E-state index contributed by atoms with van der Waals surface area (Å²) in [7, 11) is -1.55. The zero-order valence-electron chi connectivity index (χ0n) is 13.0. The summed E-state index contributed by atoms with van der Waals surface area (Å²) < 4.78 is 85.6. The quantitative estimate of drug-likeness (QED) is 0.362. The van der Waals surface area contributed by atoms with Crippen molar-refractivity contribution in [3.63, 3.8) is 0 Å². The van der Waals surface area contributed by atoms with E-state index in [1.165, 1.54) is 14.1 Å². The van der Waals surface area contributed by atoms with E-state index in [4.69, 9.17) is 5.11 Å². The smallest absolute Gasteiger partial charge is 0.453 e. The van der Waals surface area contributed by atoms with Gasteiger partial charge < -0.3 is 14.7 Å². The maximum atomic E-state index is 12.7. The summed E-state index contributed by atoms with van der Waals surface area (Å²) in [5.74, 6) is -7.76. The van der Waals surface area contributed by atoms with E-state index < -0.39 is 52.9 Å². The summed E-state index contributed by atoms with van der Waals surface area (Å²) in [6, 6.07) is 0. The lowest BCUT2D eigenvalue weighted by Crippen LogP contribution is -2.51. The van der Waals surface area contributed by atoms with Crippen molar-refractivity contribution in [2.75, 3.05) is 39.5 Å². The number of carbonyl (C=O) groups is 1. The summed E-state index contributed by atoms with van der Waals surface area (Å²) in [5, 5.41) is 18.3. The minimum absolute atomic E-state index is 0.173. The van der Waals surface area contributed by atoms with Crippen LogP contribution >= 0.6 is 0 Å². The van der Waals surface area contributed by atoms with Gasteiger partial charge >= 0.3 is 18.1 Å². The Kier molecular flexibility index (Phi) is 7.54. The highest BCUT2D eigenvalue weighted by Crippen LogP contribution is 2.38. The van der Waals surface area contributed by atoms with Crippen molar-refractivity contribution >= 4 is 16.0 Å². The van der Waals surface area contributed by atoms with E-state index in [-0.39, 0.29) is 17.6 Å². The van der Waals surface area contributed by atoms with E-state index in [2.05, 4.69) is 0 Å². The highest BCUT2D eigenvalue weighted by Gasteiger charge is 2.57. The maximum absolute atomic E-state index is 12.7. The lowest BCUT2D eigenvalue weighted by molar-refractivity contribution is -0.886. The van der Waals surface area contributed by atoms with Crippen molar-refractivity contribution in [1.29, 1.82) is 0 Å². The fraction of sp³-hybridized carbons (Fsp3) is 0.909. The average Bonchev–Trinajstić information content (AvgIpc) is 2.31. The molecule has 0 bridgehead atoms. The van der Waals surface area contributed by atoms with Gasteiger partial charge in [-0.2, -0.15) is 22.0 Å². The summed E-state index contributed by atoms with van der Waals surface area (Å²) in [6.07, 6.45) is -9.14. The second kappa shape index (κ2) is 7.89. The molecule has 0 aliphatic rings. The lowest BCUT2D eigenvalue weighted by Gasteiger charge is -2.30. The molecule has 0 spiro atoms. The average molecular weight is 387 g/mol. The van der Waals surface area contributed by atoms with Crippen molar-refractivity contribution in [2.24, 2.45) is 0 Å². The van der Waals surface area contributed by atoms with E-state index in [0.717, 1.165) is 0 Å². The van der Waals surface area contributed by atoms with Crippen LogP contribution in [0.25, 0.3) is 0 Å². The van der Waals surface area contributed by atoms with Crippen LogP contribution < -0.4 is 4.72 Å². The van der Waals surface area contributed by atoms with Gasteiger partial charge in [0.1, 0.15) is 12.6 Å². The third-order valence-corrected chi connectivity index (χ3v) is 4.25. The van der Waals surface area contributed by atoms with Gasteiger partial charge in [0.05, 0.1) is 19.8 Å². The number of halogens is 5. The molecule has 0 aromatic carbocycles. The Labute approximate surface area is 135 Å². The molecule has 0 aliphatic heterocycles. The molecular formula is C11H20F5N2O5S+. The SMILES string of the molecule is C[N+](C)(CC(=O)O)CC(O)CNS(=O)(=O)CCC(F)(F)C(F)(F)F. The Morgan fingerprint density at radius 1 is 1.21 bits per heavy atom. The normalized spacial score (nSPS) is 15.3. The van der Waals surface area contributed by atoms with Gasteiger partial charge in [-0.3, -0.25) is 0 Å². The van der Waals surface area contributed by atoms with Crippen LogP contribution in [-0.4, -0.2) is 86.8 Å². The molecule has 0 heterocycles. The highest BCUT2D eigenvalue weighted by atomic mass is 32.2. The molecule has 0 amide bonds. The number of sulfonamides is 1. The van der Waals surface area contributed by atoms with Crippen LogP contribution in [-0.2, 0) is 14.8 Å². The van der Waals surface area contributed by atoms with Crippen LogP contribution in [0.5, 0.6) is 0 Å². The fourth-order valence-corrected chi connectivity index (χ4v) is 2.88. The van der Waals surface area contributed by atoms with Gasteiger partial charge in [-0.25, -0.2) is 17.9 Å². The second-order valence-corrected chi connectivity index (χ2v) is 7.87. The third-order valence-electron chi connectivity index (χ3n) is 2.91. The number of carboxylic acids is 1. The molecule has 0 radical (unpaired) electrons. The minimum atomic E-state index is -5.85. The monoisotopic (exact) mass is 387 g/mol. The maximum Gasteiger partial charge on any atom is 0.453 e. The zero-order valence-corrected chi connectivity index (χ0v) is 13.8.